The molecule has 5 rings (SSSR count). The zero-order valence-electron chi connectivity index (χ0n) is 28.0. The van der Waals surface area contributed by atoms with Gasteiger partial charge in [0.05, 0.1) is 45.9 Å². The van der Waals surface area contributed by atoms with Gasteiger partial charge in [-0.25, -0.2) is 9.52 Å². The Morgan fingerprint density at radius 1 is 1.04 bits per heavy atom. The van der Waals surface area contributed by atoms with Gasteiger partial charge in [-0.2, -0.15) is 12.7 Å². The molecule has 0 radical (unpaired) electrons. The fraction of sp³-hybridized carbons (Fsp3) is 0.469. The van der Waals surface area contributed by atoms with E-state index < -0.39 is 27.6 Å². The number of fused-ring (bicyclic) bond motifs is 3. The Labute approximate surface area is 290 Å². The molecule has 3 heterocycles. The number of methoxy groups -OCH3 is 1. The molecular weight excluding hydrogens is 683 g/mol. The zero-order valence-corrected chi connectivity index (χ0v) is 30.3. The molecule has 3 aromatic rings. The maximum absolute atomic E-state index is 13.9. The highest BCUT2D eigenvalue weighted by Crippen LogP contribution is 2.39. The molecule has 48 heavy (non-hydrogen) atoms. The fourth-order valence-corrected chi connectivity index (χ4v) is 7.33. The van der Waals surface area contributed by atoms with Gasteiger partial charge in [-0.05, 0) is 44.2 Å². The Hall–Kier alpha value is -3.40. The third-order valence-electron chi connectivity index (χ3n) is 9.05. The smallest absolute Gasteiger partial charge is 0.341 e. The number of piperazine rings is 1. The van der Waals surface area contributed by atoms with Crippen molar-refractivity contribution < 1.29 is 27.2 Å². The van der Waals surface area contributed by atoms with E-state index in [4.69, 9.17) is 32.4 Å². The number of carbonyl (C=O) groups excluding carboxylic acids is 2. The second-order valence-electron chi connectivity index (χ2n) is 12.5. The van der Waals surface area contributed by atoms with Crippen LogP contribution in [-0.4, -0.2) is 116 Å². The summed E-state index contributed by atoms with van der Waals surface area (Å²) >= 11 is 13.5. The largest absolute Gasteiger partial charge is 0.422 e. The second-order valence-corrected chi connectivity index (χ2v) is 15.2. The summed E-state index contributed by atoms with van der Waals surface area (Å²) in [5.41, 5.74) is 3.04. The maximum atomic E-state index is 13.9. The van der Waals surface area contributed by atoms with E-state index in [1.165, 1.54) is 31.1 Å². The number of hydrogen-bond acceptors (Lipinski definition) is 10. The molecule has 2 amide bonds. The first kappa shape index (κ1) is 35.9. The predicted octanol–water partition coefficient (Wildman–Crippen LogP) is 2.98. The molecule has 260 valence electrons. The molecule has 0 spiro atoms. The summed E-state index contributed by atoms with van der Waals surface area (Å²) < 4.78 is 38.8. The van der Waals surface area contributed by atoms with Crippen LogP contribution in [0.3, 0.4) is 0 Å². The van der Waals surface area contributed by atoms with Crippen molar-refractivity contribution >= 4 is 67.6 Å². The van der Waals surface area contributed by atoms with Crippen molar-refractivity contribution in [2.24, 2.45) is 0 Å². The van der Waals surface area contributed by atoms with Gasteiger partial charge in [-0.15, -0.1) is 0 Å². The number of amides is 2. The Bertz CT molecular complexity index is 1950. The van der Waals surface area contributed by atoms with Crippen LogP contribution in [0, 0.1) is 6.92 Å². The topological polar surface area (TPSA) is 136 Å². The van der Waals surface area contributed by atoms with Crippen LogP contribution < -0.4 is 20.1 Å². The van der Waals surface area contributed by atoms with Gasteiger partial charge in [-0.3, -0.25) is 14.5 Å². The maximum Gasteiger partial charge on any atom is 0.341 e. The lowest BCUT2D eigenvalue weighted by molar-refractivity contribution is 0.0732. The van der Waals surface area contributed by atoms with E-state index in [0.717, 1.165) is 40.8 Å². The van der Waals surface area contributed by atoms with Crippen LogP contribution in [0.1, 0.15) is 37.4 Å². The first-order valence-corrected chi connectivity index (χ1v) is 17.5. The van der Waals surface area contributed by atoms with Crippen molar-refractivity contribution in [2.45, 2.75) is 25.9 Å². The third-order valence-corrected chi connectivity index (χ3v) is 11.1. The first-order chi connectivity index (χ1) is 22.5. The van der Waals surface area contributed by atoms with Crippen molar-refractivity contribution in [1.29, 1.82) is 0 Å². The third kappa shape index (κ3) is 6.74. The van der Waals surface area contributed by atoms with E-state index >= 15 is 0 Å². The lowest BCUT2D eigenvalue weighted by atomic mass is 9.94. The Morgan fingerprint density at radius 2 is 1.75 bits per heavy atom. The molecule has 0 unspecified atom stereocenters. The minimum atomic E-state index is -4.07. The summed E-state index contributed by atoms with van der Waals surface area (Å²) in [6, 6.07) is 4.84. The average Bonchev–Trinajstić information content (AvgIpc) is 3.02. The highest BCUT2D eigenvalue weighted by molar-refractivity contribution is 7.87. The molecule has 1 saturated heterocycles. The second kappa shape index (κ2) is 13.8. The number of likely N-dealkylation sites (N-methyl/N-ethyl adjacent to an activating group) is 1. The number of halogens is 2. The van der Waals surface area contributed by atoms with Crippen molar-refractivity contribution in [3.63, 3.8) is 0 Å². The van der Waals surface area contributed by atoms with Crippen molar-refractivity contribution in [2.75, 3.05) is 84.9 Å². The van der Waals surface area contributed by atoms with Gasteiger partial charge in [0, 0.05) is 83.8 Å². The van der Waals surface area contributed by atoms with E-state index in [0.29, 0.717) is 34.6 Å². The van der Waals surface area contributed by atoms with Crippen LogP contribution in [0.25, 0.3) is 11.0 Å². The van der Waals surface area contributed by atoms with Crippen LogP contribution in [0.2, 0.25) is 10.0 Å². The summed E-state index contributed by atoms with van der Waals surface area (Å²) in [4.78, 5) is 47.9. The number of nitrogens with one attached hydrogen (secondary N) is 1. The number of rotatable bonds is 8. The standard InChI is InChI=1S/C32H40Cl2N6O7S/c1-18-26(39-11-10-38(6)19(15-39)17-46-7)14-25(34)28-20-8-9-40(16-23(20)32(43)47-29(18)28)31(42)21-13-27(36(2)3)22(12-24(21)33)30(41)35-48(44,45)37(4)5/h12-14,19H,8-11,15-17H2,1-7H3,(H,35,41)/t19-/m1/s1. The number of benzene rings is 2. The fourth-order valence-electron chi connectivity index (χ4n) is 6.25. The Kier molecular flexibility index (Phi) is 10.4. The van der Waals surface area contributed by atoms with Crippen molar-refractivity contribution in [3.8, 4) is 0 Å². The van der Waals surface area contributed by atoms with Crippen LogP contribution >= 0.6 is 23.2 Å². The lowest BCUT2D eigenvalue weighted by Gasteiger charge is -2.41. The molecular formula is C32H40Cl2N6O7S. The highest BCUT2D eigenvalue weighted by Gasteiger charge is 2.32. The quantitative estimate of drug-likeness (QED) is 0.346. The van der Waals surface area contributed by atoms with Crippen LogP contribution in [0.15, 0.2) is 27.4 Å². The van der Waals surface area contributed by atoms with E-state index in [2.05, 4.69) is 16.8 Å². The zero-order chi connectivity index (χ0) is 35.2. The first-order valence-electron chi connectivity index (χ1n) is 15.3. The van der Waals surface area contributed by atoms with E-state index in [-0.39, 0.29) is 41.0 Å². The minimum Gasteiger partial charge on any atom is -0.422 e. The van der Waals surface area contributed by atoms with Gasteiger partial charge in [0.15, 0.2) is 0 Å². The molecule has 16 heteroatoms. The van der Waals surface area contributed by atoms with Crippen LogP contribution in [0.4, 0.5) is 11.4 Å². The molecule has 2 aliphatic rings. The van der Waals surface area contributed by atoms with Crippen molar-refractivity contribution in [1.82, 2.24) is 18.8 Å². The number of carbonyl (C=O) groups is 2. The molecule has 0 bridgehead atoms. The van der Waals surface area contributed by atoms with Gasteiger partial charge in [-0.1, -0.05) is 23.2 Å². The summed E-state index contributed by atoms with van der Waals surface area (Å²) in [5, 5.41) is 1.09. The van der Waals surface area contributed by atoms with Crippen LogP contribution in [-0.2, 0) is 27.9 Å². The Balaban J connectivity index is 1.46. The number of anilines is 2. The van der Waals surface area contributed by atoms with E-state index in [1.807, 2.05) is 17.7 Å². The molecule has 0 saturated carbocycles. The van der Waals surface area contributed by atoms with Gasteiger partial charge in [0.25, 0.3) is 11.8 Å². The SMILES string of the molecule is COC[C@H]1CN(c2cc(Cl)c3c4c(c(=O)oc3c2C)CN(C(=O)c2cc(N(C)C)c(C(=O)NS(=O)(=O)N(C)C)cc2Cl)CC4)CCN1C. The number of aryl methyl sites for hydroxylation is 1. The molecule has 1 atom stereocenters. The highest BCUT2D eigenvalue weighted by atomic mass is 35.5. The van der Waals surface area contributed by atoms with E-state index in [9.17, 15) is 22.8 Å². The molecule has 1 aromatic heterocycles. The molecule has 0 aliphatic carbocycles. The summed E-state index contributed by atoms with van der Waals surface area (Å²) in [7, 11) is 5.57. The number of hydrogen-bond donors (Lipinski definition) is 1. The Morgan fingerprint density at radius 3 is 2.40 bits per heavy atom. The van der Waals surface area contributed by atoms with Gasteiger partial charge >= 0.3 is 15.8 Å². The van der Waals surface area contributed by atoms with Crippen molar-refractivity contribution in [3.05, 3.63) is 66.5 Å². The van der Waals surface area contributed by atoms with Gasteiger partial charge < -0.3 is 23.9 Å². The summed E-state index contributed by atoms with van der Waals surface area (Å²) in [6.45, 7) is 5.12. The van der Waals surface area contributed by atoms with E-state index in [1.54, 1.807) is 26.1 Å². The lowest BCUT2D eigenvalue weighted by Crippen LogP contribution is -2.53. The molecule has 13 nitrogen and oxygen atoms in total. The minimum absolute atomic E-state index is 0.0294. The van der Waals surface area contributed by atoms with Gasteiger partial charge in [0.1, 0.15) is 5.58 Å². The monoisotopic (exact) mass is 722 g/mol. The van der Waals surface area contributed by atoms with Gasteiger partial charge in [0.2, 0.25) is 0 Å². The number of ether oxygens (including phenoxy) is 1. The van der Waals surface area contributed by atoms with Crippen LogP contribution in [0.5, 0.6) is 0 Å². The normalized spacial score (nSPS) is 17.2. The predicted molar refractivity (Wildman–Crippen MR) is 187 cm³/mol. The molecule has 1 N–H and O–H groups in total. The molecule has 1 fully saturated rings. The molecule has 2 aromatic carbocycles. The summed E-state index contributed by atoms with van der Waals surface area (Å²) in [5.74, 6) is -1.36. The summed E-state index contributed by atoms with van der Waals surface area (Å²) in [6.07, 6.45) is 0.354. The number of nitrogens with zero attached hydrogens (tertiary/aromatic N) is 5. The molecule has 2 aliphatic heterocycles. The average molecular weight is 724 g/mol.